The molecule has 0 fully saturated rings. The van der Waals surface area contributed by atoms with Gasteiger partial charge in [-0.25, -0.2) is 0 Å². The second-order valence-electron chi connectivity index (χ2n) is 12.0. The summed E-state index contributed by atoms with van der Waals surface area (Å²) in [6, 6.07) is 37.9. The summed E-state index contributed by atoms with van der Waals surface area (Å²) >= 11 is 0. The van der Waals surface area contributed by atoms with Crippen LogP contribution in [0.3, 0.4) is 0 Å². The highest BCUT2D eigenvalue weighted by atomic mass is 16.5. The van der Waals surface area contributed by atoms with Gasteiger partial charge in [0.15, 0.2) is 0 Å². The summed E-state index contributed by atoms with van der Waals surface area (Å²) in [6.45, 7) is 17.0. The second-order valence-corrected chi connectivity index (χ2v) is 12.0. The molecule has 0 aliphatic carbocycles. The van der Waals surface area contributed by atoms with Crippen LogP contribution < -0.4 is 9.47 Å². The maximum absolute atomic E-state index is 6.07. The van der Waals surface area contributed by atoms with Gasteiger partial charge >= 0.3 is 0 Å². The molecule has 0 saturated heterocycles. The van der Waals surface area contributed by atoms with Crippen molar-refractivity contribution < 1.29 is 9.47 Å². The van der Waals surface area contributed by atoms with Crippen LogP contribution in [0.25, 0.3) is 21.9 Å². The van der Waals surface area contributed by atoms with Crippen LogP contribution in [0.2, 0.25) is 0 Å². The SMILES string of the molecule is Cc1ccc(-c2ccc(C)c(C)c2)cc1C.Cc1ccc(Oc2ccc3ccc(Oc4ccc(C)c(C)c4)cc3c2)cc1C. The molecule has 0 aliphatic heterocycles. The van der Waals surface area contributed by atoms with Gasteiger partial charge in [0, 0.05) is 0 Å². The van der Waals surface area contributed by atoms with Gasteiger partial charge in [-0.05, 0) is 170 Å². The third-order valence-electron chi connectivity index (χ3n) is 8.56. The Labute approximate surface area is 262 Å². The first kappa shape index (κ1) is 30.6. The van der Waals surface area contributed by atoms with Crippen LogP contribution in [-0.2, 0) is 0 Å². The minimum absolute atomic E-state index is 0.819. The number of fused-ring (bicyclic) bond motifs is 1. The highest BCUT2D eigenvalue weighted by Crippen LogP contribution is 2.31. The van der Waals surface area contributed by atoms with Crippen LogP contribution in [0.4, 0.5) is 0 Å². The largest absolute Gasteiger partial charge is 0.457 e. The molecule has 0 spiro atoms. The Morgan fingerprint density at radius 3 is 0.955 bits per heavy atom. The summed E-state index contributed by atoms with van der Waals surface area (Å²) in [6.07, 6.45) is 0. The smallest absolute Gasteiger partial charge is 0.128 e. The molecular weight excluding hydrogens is 536 g/mol. The average molecular weight is 579 g/mol. The molecule has 6 aromatic carbocycles. The average Bonchev–Trinajstić information content (AvgIpc) is 3.00. The fraction of sp³-hybridized carbons (Fsp3) is 0.190. The summed E-state index contributed by atoms with van der Waals surface area (Å²) in [5.41, 5.74) is 13.0. The molecule has 0 aromatic heterocycles. The molecular formula is C42H42O2. The first-order valence-corrected chi connectivity index (χ1v) is 15.2. The topological polar surface area (TPSA) is 18.5 Å². The van der Waals surface area contributed by atoms with Crippen LogP contribution >= 0.6 is 0 Å². The predicted octanol–water partition coefficient (Wildman–Crippen LogP) is 12.2. The van der Waals surface area contributed by atoms with E-state index in [0.717, 1.165) is 33.8 Å². The molecule has 0 amide bonds. The number of benzene rings is 6. The maximum Gasteiger partial charge on any atom is 0.128 e. The van der Waals surface area contributed by atoms with Gasteiger partial charge < -0.3 is 9.47 Å². The molecule has 0 saturated carbocycles. The molecule has 0 N–H and O–H groups in total. The molecule has 0 aliphatic rings. The Balaban J connectivity index is 0.000000204. The van der Waals surface area contributed by atoms with E-state index in [2.05, 4.69) is 140 Å². The fourth-order valence-corrected chi connectivity index (χ4v) is 5.00. The Bertz CT molecular complexity index is 1810. The van der Waals surface area contributed by atoms with Crippen LogP contribution in [-0.4, -0.2) is 0 Å². The quantitative estimate of drug-likeness (QED) is 0.203. The van der Waals surface area contributed by atoms with Gasteiger partial charge in [-0.2, -0.15) is 0 Å². The Kier molecular flexibility index (Phi) is 9.20. The molecule has 0 radical (unpaired) electrons. The Morgan fingerprint density at radius 2 is 0.591 bits per heavy atom. The van der Waals surface area contributed by atoms with Crippen molar-refractivity contribution in [2.45, 2.75) is 55.4 Å². The van der Waals surface area contributed by atoms with E-state index in [1.54, 1.807) is 0 Å². The molecule has 44 heavy (non-hydrogen) atoms. The molecule has 6 rings (SSSR count). The molecule has 0 bridgehead atoms. The standard InChI is InChI=1S/C26H24O2.C16H18/c1-17-5-9-23(13-19(17)3)27-25-11-7-21-8-12-26(16-22(21)15-25)28-24-10-6-18(2)20(4)14-24;1-11-5-7-15(9-13(11)3)16-8-6-12(2)14(4)10-16/h5-16H,1-4H3;5-10H,1-4H3. The van der Waals surface area contributed by atoms with Gasteiger partial charge in [0.05, 0.1) is 0 Å². The molecule has 2 heteroatoms. The van der Waals surface area contributed by atoms with Crippen LogP contribution in [0.1, 0.15) is 44.5 Å². The van der Waals surface area contributed by atoms with Crippen molar-refractivity contribution in [2.24, 2.45) is 0 Å². The summed E-state index contributed by atoms with van der Waals surface area (Å²) in [7, 11) is 0. The Morgan fingerprint density at radius 1 is 0.273 bits per heavy atom. The van der Waals surface area contributed by atoms with Gasteiger partial charge in [0.1, 0.15) is 23.0 Å². The monoisotopic (exact) mass is 578 g/mol. The van der Waals surface area contributed by atoms with E-state index in [1.165, 1.54) is 55.6 Å². The lowest BCUT2D eigenvalue weighted by atomic mass is 9.98. The number of aryl methyl sites for hydroxylation is 8. The lowest BCUT2D eigenvalue weighted by Crippen LogP contribution is -1.88. The number of hydrogen-bond donors (Lipinski definition) is 0. The van der Waals surface area contributed by atoms with Crippen LogP contribution in [0.5, 0.6) is 23.0 Å². The van der Waals surface area contributed by atoms with Crippen molar-refractivity contribution in [3.05, 3.63) is 154 Å². The zero-order valence-electron chi connectivity index (χ0n) is 27.2. The first-order valence-electron chi connectivity index (χ1n) is 15.2. The van der Waals surface area contributed by atoms with Crippen molar-refractivity contribution in [3.63, 3.8) is 0 Å². The summed E-state index contributed by atoms with van der Waals surface area (Å²) in [5, 5.41) is 2.24. The van der Waals surface area contributed by atoms with E-state index in [4.69, 9.17) is 9.47 Å². The molecule has 0 unspecified atom stereocenters. The van der Waals surface area contributed by atoms with Crippen molar-refractivity contribution in [1.29, 1.82) is 0 Å². The minimum Gasteiger partial charge on any atom is -0.457 e. The predicted molar refractivity (Wildman–Crippen MR) is 187 cm³/mol. The van der Waals surface area contributed by atoms with E-state index >= 15 is 0 Å². The van der Waals surface area contributed by atoms with E-state index < -0.39 is 0 Å². The summed E-state index contributed by atoms with van der Waals surface area (Å²) in [4.78, 5) is 0. The lowest BCUT2D eigenvalue weighted by molar-refractivity contribution is 0.481. The molecule has 0 heterocycles. The summed E-state index contributed by atoms with van der Waals surface area (Å²) in [5.74, 6) is 3.34. The maximum atomic E-state index is 6.07. The summed E-state index contributed by atoms with van der Waals surface area (Å²) < 4.78 is 12.1. The first-order chi connectivity index (χ1) is 21.0. The van der Waals surface area contributed by atoms with E-state index in [9.17, 15) is 0 Å². The highest BCUT2D eigenvalue weighted by molar-refractivity contribution is 5.85. The molecule has 6 aromatic rings. The van der Waals surface area contributed by atoms with E-state index in [-0.39, 0.29) is 0 Å². The lowest BCUT2D eigenvalue weighted by Gasteiger charge is -2.11. The van der Waals surface area contributed by atoms with E-state index in [0.29, 0.717) is 0 Å². The van der Waals surface area contributed by atoms with Crippen molar-refractivity contribution in [2.75, 3.05) is 0 Å². The molecule has 0 atom stereocenters. The zero-order chi connectivity index (χ0) is 31.4. The fourth-order valence-electron chi connectivity index (χ4n) is 5.00. The van der Waals surface area contributed by atoms with Crippen molar-refractivity contribution >= 4 is 10.8 Å². The number of rotatable bonds is 5. The Hall–Kier alpha value is -4.82. The van der Waals surface area contributed by atoms with Crippen molar-refractivity contribution in [1.82, 2.24) is 0 Å². The van der Waals surface area contributed by atoms with Gasteiger partial charge in [-0.3, -0.25) is 0 Å². The molecule has 222 valence electrons. The normalized spacial score (nSPS) is 10.7. The van der Waals surface area contributed by atoms with Crippen LogP contribution in [0.15, 0.2) is 109 Å². The van der Waals surface area contributed by atoms with E-state index in [1.807, 2.05) is 24.3 Å². The van der Waals surface area contributed by atoms with Gasteiger partial charge in [-0.15, -0.1) is 0 Å². The highest BCUT2D eigenvalue weighted by Gasteiger charge is 2.05. The third kappa shape index (κ3) is 7.38. The van der Waals surface area contributed by atoms with Crippen LogP contribution in [0, 0.1) is 55.4 Å². The number of hydrogen-bond acceptors (Lipinski definition) is 2. The van der Waals surface area contributed by atoms with Gasteiger partial charge in [-0.1, -0.05) is 60.7 Å². The second kappa shape index (κ2) is 13.2. The van der Waals surface area contributed by atoms with Gasteiger partial charge in [0.25, 0.3) is 0 Å². The zero-order valence-corrected chi connectivity index (χ0v) is 27.2. The van der Waals surface area contributed by atoms with Crippen molar-refractivity contribution in [3.8, 4) is 34.1 Å². The third-order valence-corrected chi connectivity index (χ3v) is 8.56. The number of ether oxygens (including phenoxy) is 2. The van der Waals surface area contributed by atoms with Gasteiger partial charge in [0.2, 0.25) is 0 Å². The molecule has 2 nitrogen and oxygen atoms in total. The minimum atomic E-state index is 0.819.